The Hall–Kier alpha value is -3.18. The highest BCUT2D eigenvalue weighted by Gasteiger charge is 2.20. The third-order valence-corrected chi connectivity index (χ3v) is 5.13. The normalized spacial score (nSPS) is 12.0. The van der Waals surface area contributed by atoms with Gasteiger partial charge in [-0.15, -0.1) is 0 Å². The standard InChI is InChI=1S/C24H27N3O2/c1-4-18-12-14-20(15-13-18)25-24(29)17(2)27(3)16-23(28)26-22-11-7-9-19-8-5-6-10-21(19)22/h5-15,17H,4,16H2,1-3H3,(H,25,29)(H,26,28)/t17-/m1/s1. The first-order valence-corrected chi connectivity index (χ1v) is 9.85. The number of nitrogens with one attached hydrogen (secondary N) is 2. The van der Waals surface area contributed by atoms with Gasteiger partial charge in [0.2, 0.25) is 11.8 Å². The molecule has 0 spiro atoms. The molecule has 1 atom stereocenters. The van der Waals surface area contributed by atoms with Crippen molar-refractivity contribution in [2.45, 2.75) is 26.3 Å². The lowest BCUT2D eigenvalue weighted by Gasteiger charge is -2.23. The summed E-state index contributed by atoms with van der Waals surface area (Å²) in [6.45, 7) is 4.00. The lowest BCUT2D eigenvalue weighted by molar-refractivity contribution is -0.122. The number of likely N-dealkylation sites (N-methyl/N-ethyl adjacent to an activating group) is 1. The quantitative estimate of drug-likeness (QED) is 0.633. The van der Waals surface area contributed by atoms with Crippen LogP contribution in [-0.2, 0) is 16.0 Å². The van der Waals surface area contributed by atoms with E-state index in [-0.39, 0.29) is 18.4 Å². The predicted octanol–water partition coefficient (Wildman–Crippen LogP) is 4.30. The number of carbonyl (C=O) groups is 2. The van der Waals surface area contributed by atoms with E-state index in [0.29, 0.717) is 0 Å². The molecule has 2 amide bonds. The van der Waals surface area contributed by atoms with Gasteiger partial charge in [0.05, 0.1) is 12.6 Å². The number of rotatable bonds is 7. The highest BCUT2D eigenvalue weighted by molar-refractivity contribution is 6.03. The Morgan fingerprint density at radius 1 is 0.931 bits per heavy atom. The molecule has 0 bridgehead atoms. The molecule has 0 aliphatic rings. The van der Waals surface area contributed by atoms with Crippen LogP contribution < -0.4 is 10.6 Å². The number of hydrogen-bond donors (Lipinski definition) is 2. The van der Waals surface area contributed by atoms with Gasteiger partial charge in [-0.3, -0.25) is 14.5 Å². The summed E-state index contributed by atoms with van der Waals surface area (Å²) in [5.74, 6) is -0.300. The third kappa shape index (κ3) is 5.21. The van der Waals surface area contributed by atoms with Crippen LogP contribution in [0.3, 0.4) is 0 Å². The van der Waals surface area contributed by atoms with E-state index in [9.17, 15) is 9.59 Å². The van der Waals surface area contributed by atoms with Gasteiger partial charge in [-0.2, -0.15) is 0 Å². The van der Waals surface area contributed by atoms with Crippen molar-refractivity contribution in [2.24, 2.45) is 0 Å². The zero-order chi connectivity index (χ0) is 20.8. The van der Waals surface area contributed by atoms with E-state index in [2.05, 4.69) is 17.6 Å². The Labute approximate surface area is 171 Å². The smallest absolute Gasteiger partial charge is 0.241 e. The highest BCUT2D eigenvalue weighted by Crippen LogP contribution is 2.22. The van der Waals surface area contributed by atoms with Crippen LogP contribution >= 0.6 is 0 Å². The maximum atomic E-state index is 12.5. The summed E-state index contributed by atoms with van der Waals surface area (Å²) in [6.07, 6.45) is 0.958. The molecule has 5 nitrogen and oxygen atoms in total. The van der Waals surface area contributed by atoms with Crippen molar-refractivity contribution in [3.8, 4) is 0 Å². The van der Waals surface area contributed by atoms with Crippen LogP contribution in [-0.4, -0.2) is 36.3 Å². The molecule has 0 aliphatic heterocycles. The molecule has 0 saturated carbocycles. The van der Waals surface area contributed by atoms with Gasteiger partial charge in [-0.1, -0.05) is 55.5 Å². The number of fused-ring (bicyclic) bond motifs is 1. The fourth-order valence-corrected chi connectivity index (χ4v) is 3.16. The molecule has 0 heterocycles. The van der Waals surface area contributed by atoms with Gasteiger partial charge >= 0.3 is 0 Å². The molecule has 0 aliphatic carbocycles. The number of aryl methyl sites for hydroxylation is 1. The molecular weight excluding hydrogens is 362 g/mol. The van der Waals surface area contributed by atoms with Crippen molar-refractivity contribution < 1.29 is 9.59 Å². The van der Waals surface area contributed by atoms with Crippen molar-refractivity contribution in [1.82, 2.24) is 4.90 Å². The van der Waals surface area contributed by atoms with Gasteiger partial charge in [-0.25, -0.2) is 0 Å². The van der Waals surface area contributed by atoms with Crippen molar-refractivity contribution in [3.63, 3.8) is 0 Å². The Kier molecular flexibility index (Phi) is 6.62. The molecule has 0 aromatic heterocycles. The van der Waals surface area contributed by atoms with E-state index in [4.69, 9.17) is 0 Å². The van der Waals surface area contributed by atoms with Gasteiger partial charge in [-0.05, 0) is 49.5 Å². The molecule has 29 heavy (non-hydrogen) atoms. The number of anilines is 2. The number of carbonyl (C=O) groups excluding carboxylic acids is 2. The maximum Gasteiger partial charge on any atom is 0.241 e. The minimum absolute atomic E-state index is 0.118. The zero-order valence-corrected chi connectivity index (χ0v) is 17.1. The van der Waals surface area contributed by atoms with E-state index in [1.807, 2.05) is 66.7 Å². The molecule has 2 N–H and O–H groups in total. The number of benzene rings is 3. The molecule has 150 valence electrons. The lowest BCUT2D eigenvalue weighted by Crippen LogP contribution is -2.43. The summed E-state index contributed by atoms with van der Waals surface area (Å²) in [4.78, 5) is 26.8. The molecule has 0 unspecified atom stereocenters. The van der Waals surface area contributed by atoms with Gasteiger partial charge in [0, 0.05) is 16.8 Å². The van der Waals surface area contributed by atoms with E-state index in [1.54, 1.807) is 18.9 Å². The van der Waals surface area contributed by atoms with Crippen molar-refractivity contribution in [1.29, 1.82) is 0 Å². The molecule has 3 rings (SSSR count). The van der Waals surface area contributed by atoms with E-state index >= 15 is 0 Å². The summed E-state index contributed by atoms with van der Waals surface area (Å²) in [5.41, 5.74) is 2.75. The first-order chi connectivity index (χ1) is 14.0. The molecule has 3 aromatic rings. The SMILES string of the molecule is CCc1ccc(NC(=O)[C@@H](C)N(C)CC(=O)Nc2cccc3ccccc23)cc1. The summed E-state index contributed by atoms with van der Waals surface area (Å²) in [7, 11) is 1.77. The van der Waals surface area contributed by atoms with E-state index in [1.165, 1.54) is 5.56 Å². The Morgan fingerprint density at radius 3 is 2.34 bits per heavy atom. The van der Waals surface area contributed by atoms with E-state index in [0.717, 1.165) is 28.6 Å². The maximum absolute atomic E-state index is 12.5. The first kappa shape index (κ1) is 20.6. The molecule has 0 saturated heterocycles. The van der Waals surface area contributed by atoms with Gasteiger partial charge in [0.25, 0.3) is 0 Å². The number of nitrogens with zero attached hydrogens (tertiary/aromatic N) is 1. The van der Waals surface area contributed by atoms with Crippen LogP contribution in [0.25, 0.3) is 10.8 Å². The van der Waals surface area contributed by atoms with Crippen molar-refractivity contribution >= 4 is 34.0 Å². The van der Waals surface area contributed by atoms with Gasteiger partial charge in [0.15, 0.2) is 0 Å². The molecule has 0 fully saturated rings. The predicted molar refractivity (Wildman–Crippen MR) is 119 cm³/mol. The van der Waals surface area contributed by atoms with Crippen LogP contribution in [0.5, 0.6) is 0 Å². The van der Waals surface area contributed by atoms with Crippen LogP contribution in [0.2, 0.25) is 0 Å². The minimum atomic E-state index is -0.445. The summed E-state index contributed by atoms with van der Waals surface area (Å²) in [6, 6.07) is 21.1. The highest BCUT2D eigenvalue weighted by atomic mass is 16.2. The fraction of sp³-hybridized carbons (Fsp3) is 0.250. The average molecular weight is 389 g/mol. The third-order valence-electron chi connectivity index (χ3n) is 5.13. The summed E-state index contributed by atoms with van der Waals surface area (Å²) in [5, 5.41) is 7.93. The van der Waals surface area contributed by atoms with Gasteiger partial charge in [0.1, 0.15) is 0 Å². The number of hydrogen-bond acceptors (Lipinski definition) is 3. The lowest BCUT2D eigenvalue weighted by atomic mass is 10.1. The topological polar surface area (TPSA) is 61.4 Å². The summed E-state index contributed by atoms with van der Waals surface area (Å²) < 4.78 is 0. The second-order valence-electron chi connectivity index (χ2n) is 7.21. The minimum Gasteiger partial charge on any atom is -0.325 e. The monoisotopic (exact) mass is 389 g/mol. The van der Waals surface area contributed by atoms with Crippen molar-refractivity contribution in [3.05, 3.63) is 72.3 Å². The average Bonchev–Trinajstić information content (AvgIpc) is 2.73. The van der Waals surface area contributed by atoms with Crippen LogP contribution in [0, 0.1) is 0 Å². The van der Waals surface area contributed by atoms with Crippen LogP contribution in [0.1, 0.15) is 19.4 Å². The van der Waals surface area contributed by atoms with Gasteiger partial charge < -0.3 is 10.6 Å². The second-order valence-corrected chi connectivity index (χ2v) is 7.21. The number of amides is 2. The Balaban J connectivity index is 1.58. The largest absolute Gasteiger partial charge is 0.325 e. The molecule has 0 radical (unpaired) electrons. The first-order valence-electron chi connectivity index (χ1n) is 9.85. The summed E-state index contributed by atoms with van der Waals surface area (Å²) >= 11 is 0. The Bertz CT molecular complexity index is 993. The molecular formula is C24H27N3O2. The van der Waals surface area contributed by atoms with E-state index < -0.39 is 6.04 Å². The van der Waals surface area contributed by atoms with Crippen molar-refractivity contribution in [2.75, 3.05) is 24.2 Å². The second kappa shape index (κ2) is 9.34. The fourth-order valence-electron chi connectivity index (χ4n) is 3.16. The molecule has 5 heteroatoms. The zero-order valence-electron chi connectivity index (χ0n) is 17.1. The van der Waals surface area contributed by atoms with Crippen LogP contribution in [0.4, 0.5) is 11.4 Å². The van der Waals surface area contributed by atoms with Crippen LogP contribution in [0.15, 0.2) is 66.7 Å². The Morgan fingerprint density at radius 2 is 1.62 bits per heavy atom. The molecule has 3 aromatic carbocycles.